The molecule has 0 radical (unpaired) electrons. The van der Waals surface area contributed by atoms with Crippen molar-refractivity contribution in [2.45, 2.75) is 32.7 Å². The number of aromatic nitrogens is 1. The topological polar surface area (TPSA) is 54.0 Å². The van der Waals surface area contributed by atoms with Gasteiger partial charge in [0, 0.05) is 35.8 Å². The van der Waals surface area contributed by atoms with E-state index in [1.54, 1.807) is 6.20 Å². The number of rotatable bonds is 1. The second-order valence-corrected chi connectivity index (χ2v) is 7.37. The highest BCUT2D eigenvalue weighted by molar-refractivity contribution is 5.98. The summed E-state index contributed by atoms with van der Waals surface area (Å²) in [5.74, 6) is 0.176. The molecule has 1 aromatic carbocycles. The van der Waals surface area contributed by atoms with Gasteiger partial charge in [-0.25, -0.2) is 0 Å². The van der Waals surface area contributed by atoms with Gasteiger partial charge in [-0.15, -0.1) is 0 Å². The number of anilines is 1. The third-order valence-corrected chi connectivity index (χ3v) is 4.74. The molecule has 122 valence electrons. The van der Waals surface area contributed by atoms with Crippen LogP contribution < -0.4 is 10.6 Å². The van der Waals surface area contributed by atoms with Crippen LogP contribution in [-0.4, -0.2) is 10.8 Å². The van der Waals surface area contributed by atoms with Crippen molar-refractivity contribution < 1.29 is 4.79 Å². The van der Waals surface area contributed by atoms with Crippen LogP contribution in [0.25, 0.3) is 0 Å². The molecule has 24 heavy (non-hydrogen) atoms. The molecule has 0 fully saturated rings. The number of Topliss-reactive ketones (excluding diaryl/α,β-unsaturated/α-hetero) is 1. The first-order valence-electron chi connectivity index (χ1n) is 8.32. The van der Waals surface area contributed by atoms with Crippen molar-refractivity contribution in [3.05, 3.63) is 71.3 Å². The molecule has 1 unspecified atom stereocenters. The Labute approximate surface area is 142 Å². The van der Waals surface area contributed by atoms with Crippen LogP contribution in [0.5, 0.6) is 0 Å². The van der Waals surface area contributed by atoms with Gasteiger partial charge in [-0.05, 0) is 29.5 Å². The predicted octanol–water partition coefficient (Wildman–Crippen LogP) is 3.79. The van der Waals surface area contributed by atoms with Gasteiger partial charge in [0.25, 0.3) is 0 Å². The molecule has 2 aliphatic rings. The van der Waals surface area contributed by atoms with Crippen molar-refractivity contribution in [2.24, 2.45) is 5.41 Å². The highest BCUT2D eigenvalue weighted by Crippen LogP contribution is 2.41. The molecule has 4 rings (SSSR count). The lowest BCUT2D eigenvalue weighted by Crippen LogP contribution is -2.34. The Morgan fingerprint density at radius 1 is 1.12 bits per heavy atom. The van der Waals surface area contributed by atoms with Crippen LogP contribution in [-0.2, 0) is 4.79 Å². The third kappa shape index (κ3) is 2.58. The summed E-state index contributed by atoms with van der Waals surface area (Å²) < 4.78 is 0. The van der Waals surface area contributed by atoms with Gasteiger partial charge in [0.1, 0.15) is 0 Å². The quantitative estimate of drug-likeness (QED) is 0.840. The molecule has 1 aromatic heterocycles. The van der Waals surface area contributed by atoms with Crippen molar-refractivity contribution in [3.8, 4) is 0 Å². The van der Waals surface area contributed by atoms with E-state index in [2.05, 4.69) is 41.6 Å². The van der Waals surface area contributed by atoms with Gasteiger partial charge in [0.2, 0.25) is 0 Å². The first-order chi connectivity index (χ1) is 11.5. The molecule has 2 N–H and O–H groups in total. The molecule has 0 bridgehead atoms. The number of nitrogens with zero attached hydrogens (tertiary/aromatic N) is 1. The third-order valence-electron chi connectivity index (χ3n) is 4.74. The number of fused-ring (bicyclic) bond motifs is 1. The zero-order valence-corrected chi connectivity index (χ0v) is 14.0. The number of hydrogen-bond donors (Lipinski definition) is 2. The number of nitrogens with one attached hydrogen (secondary N) is 2. The summed E-state index contributed by atoms with van der Waals surface area (Å²) >= 11 is 0. The number of benzene rings is 1. The lowest BCUT2D eigenvalue weighted by atomic mass is 9.77. The molecule has 2 heterocycles. The highest BCUT2D eigenvalue weighted by Gasteiger charge is 2.36. The molecule has 1 atom stereocenters. The fourth-order valence-corrected chi connectivity index (χ4v) is 3.65. The largest absolute Gasteiger partial charge is 0.370 e. The van der Waals surface area contributed by atoms with E-state index in [0.29, 0.717) is 6.42 Å². The van der Waals surface area contributed by atoms with E-state index in [4.69, 9.17) is 0 Å². The van der Waals surface area contributed by atoms with E-state index in [1.807, 2.05) is 30.5 Å². The van der Waals surface area contributed by atoms with Crippen molar-refractivity contribution >= 4 is 11.5 Å². The molecule has 0 spiro atoms. The number of para-hydroxylation sites is 1. The normalized spacial score (nSPS) is 21.9. The number of carbonyl (C=O) groups is 1. The lowest BCUT2D eigenvalue weighted by molar-refractivity contribution is -0.118. The first kappa shape index (κ1) is 14.9. The Hall–Kier alpha value is -2.62. The molecule has 1 aliphatic carbocycles. The van der Waals surface area contributed by atoms with Crippen molar-refractivity contribution in [3.63, 3.8) is 0 Å². The minimum atomic E-state index is -0.0833. The van der Waals surface area contributed by atoms with E-state index in [-0.39, 0.29) is 17.2 Å². The average molecular weight is 319 g/mol. The monoisotopic (exact) mass is 319 g/mol. The number of allylic oxidation sites excluding steroid dienone is 2. The molecule has 0 saturated heterocycles. The van der Waals surface area contributed by atoms with Gasteiger partial charge in [-0.3, -0.25) is 9.78 Å². The van der Waals surface area contributed by atoms with E-state index < -0.39 is 0 Å². The zero-order valence-electron chi connectivity index (χ0n) is 14.0. The van der Waals surface area contributed by atoms with Crippen molar-refractivity contribution in [1.29, 1.82) is 0 Å². The minimum absolute atomic E-state index is 0.0202. The Morgan fingerprint density at radius 2 is 1.96 bits per heavy atom. The van der Waals surface area contributed by atoms with Crippen molar-refractivity contribution in [1.82, 2.24) is 10.3 Å². The summed E-state index contributed by atoms with van der Waals surface area (Å²) in [6, 6.07) is 12.1. The smallest absolute Gasteiger partial charge is 0.181 e. The molecule has 0 saturated carbocycles. The van der Waals surface area contributed by atoms with E-state index in [1.165, 1.54) is 0 Å². The summed E-state index contributed by atoms with van der Waals surface area (Å²) in [6.45, 7) is 4.29. The van der Waals surface area contributed by atoms with E-state index in [9.17, 15) is 4.79 Å². The second-order valence-electron chi connectivity index (χ2n) is 7.37. The van der Waals surface area contributed by atoms with Gasteiger partial charge in [0.05, 0.1) is 11.7 Å². The molecule has 2 aromatic rings. The fourth-order valence-electron chi connectivity index (χ4n) is 3.65. The maximum atomic E-state index is 12.7. The molecular formula is C20H21N3O. The van der Waals surface area contributed by atoms with Crippen LogP contribution >= 0.6 is 0 Å². The molecule has 1 aliphatic heterocycles. The van der Waals surface area contributed by atoms with Gasteiger partial charge in [-0.2, -0.15) is 0 Å². The summed E-state index contributed by atoms with van der Waals surface area (Å²) in [5.41, 5.74) is 4.93. The highest BCUT2D eigenvalue weighted by atomic mass is 16.1. The van der Waals surface area contributed by atoms with Crippen molar-refractivity contribution in [2.75, 3.05) is 5.32 Å². The Morgan fingerprint density at radius 3 is 2.75 bits per heavy atom. The second kappa shape index (κ2) is 5.48. The number of pyridine rings is 1. The summed E-state index contributed by atoms with van der Waals surface area (Å²) in [6.07, 6.45) is 5.05. The Bertz CT molecular complexity index is 824. The summed E-state index contributed by atoms with van der Waals surface area (Å²) in [5, 5.41) is 7.03. The van der Waals surface area contributed by atoms with Crippen LogP contribution in [0.4, 0.5) is 5.69 Å². The van der Waals surface area contributed by atoms with E-state index >= 15 is 0 Å². The minimum Gasteiger partial charge on any atom is -0.370 e. The molecular weight excluding hydrogens is 298 g/mol. The average Bonchev–Trinajstić information content (AvgIpc) is 2.71. The van der Waals surface area contributed by atoms with Gasteiger partial charge >= 0.3 is 0 Å². The SMILES string of the molecule is CC1(C)CC(=O)C2=C(C1)Nc1ccccc1C(c1cccnc1)N2. The van der Waals surface area contributed by atoms with E-state index in [0.717, 1.165) is 34.6 Å². The number of hydrogen-bond acceptors (Lipinski definition) is 4. The molecule has 4 nitrogen and oxygen atoms in total. The van der Waals surface area contributed by atoms with Crippen LogP contribution in [0, 0.1) is 5.41 Å². The van der Waals surface area contributed by atoms with Gasteiger partial charge < -0.3 is 10.6 Å². The molecule has 0 amide bonds. The van der Waals surface area contributed by atoms with Crippen LogP contribution in [0.15, 0.2) is 60.2 Å². The van der Waals surface area contributed by atoms with Gasteiger partial charge in [0.15, 0.2) is 5.78 Å². The summed E-state index contributed by atoms with van der Waals surface area (Å²) in [4.78, 5) is 17.0. The zero-order chi connectivity index (χ0) is 16.7. The maximum Gasteiger partial charge on any atom is 0.181 e. The number of carbonyl (C=O) groups excluding carboxylic acids is 1. The Kier molecular flexibility index (Phi) is 3.41. The maximum absolute atomic E-state index is 12.7. The van der Waals surface area contributed by atoms with Crippen LogP contribution in [0.3, 0.4) is 0 Å². The predicted molar refractivity (Wildman–Crippen MR) is 94.3 cm³/mol. The first-order valence-corrected chi connectivity index (χ1v) is 8.32. The lowest BCUT2D eigenvalue weighted by Gasteiger charge is -2.32. The van der Waals surface area contributed by atoms with Crippen LogP contribution in [0.2, 0.25) is 0 Å². The van der Waals surface area contributed by atoms with Crippen LogP contribution in [0.1, 0.15) is 43.9 Å². The Balaban J connectivity index is 1.85. The molecule has 4 heteroatoms. The van der Waals surface area contributed by atoms with Gasteiger partial charge in [-0.1, -0.05) is 38.1 Å². The summed E-state index contributed by atoms with van der Waals surface area (Å²) in [7, 11) is 0. The fraction of sp³-hybridized carbons (Fsp3) is 0.300. The number of ketones is 1. The standard InChI is InChI=1S/C20H21N3O/c1-20(2)10-16-19(17(24)11-20)23-18(13-6-5-9-21-12-13)14-7-3-4-8-15(14)22-16/h3-9,12,18,22-23H,10-11H2,1-2H3.